The fraction of sp³-hybridized carbons (Fsp3) is 0.462. The van der Waals surface area contributed by atoms with Crippen molar-refractivity contribution in [3.8, 4) is 5.75 Å². The first kappa shape index (κ1) is 16.1. The molecule has 0 saturated carbocycles. The van der Waals surface area contributed by atoms with Gasteiger partial charge in [0.1, 0.15) is 12.0 Å². The first-order valence-corrected chi connectivity index (χ1v) is 5.30. The smallest absolute Gasteiger partial charge is 0.150 e. The van der Waals surface area contributed by atoms with E-state index in [0.29, 0.717) is 11.8 Å². The Morgan fingerprint density at radius 3 is 1.93 bits per heavy atom. The molecule has 0 atom stereocenters. The number of phenols is 1. The lowest BCUT2D eigenvalue weighted by Gasteiger charge is -1.89. The zero-order valence-corrected chi connectivity index (χ0v) is 10.3. The highest BCUT2D eigenvalue weighted by Crippen LogP contribution is 2.07. The van der Waals surface area contributed by atoms with E-state index in [4.69, 9.17) is 5.11 Å². The number of rotatable bonds is 1. The van der Waals surface area contributed by atoms with Gasteiger partial charge in [-0.15, -0.1) is 0 Å². The van der Waals surface area contributed by atoms with Crippen molar-refractivity contribution in [3.63, 3.8) is 0 Å². The third kappa shape index (κ3) is 12.7. The van der Waals surface area contributed by atoms with Gasteiger partial charge in [0.25, 0.3) is 0 Å². The minimum atomic E-state index is 0.125. The van der Waals surface area contributed by atoms with Crippen molar-refractivity contribution in [1.29, 1.82) is 0 Å². The van der Waals surface area contributed by atoms with Crippen molar-refractivity contribution in [3.05, 3.63) is 29.8 Å². The van der Waals surface area contributed by atoms with Gasteiger partial charge in [-0.25, -0.2) is 0 Å². The van der Waals surface area contributed by atoms with Crippen LogP contribution in [-0.2, 0) is 0 Å². The van der Waals surface area contributed by atoms with E-state index in [9.17, 15) is 4.79 Å². The van der Waals surface area contributed by atoms with Crippen molar-refractivity contribution in [2.45, 2.75) is 34.6 Å². The van der Waals surface area contributed by atoms with E-state index in [-0.39, 0.29) is 5.75 Å². The molecule has 2 heteroatoms. The molecule has 0 unspecified atom stereocenters. The highest BCUT2D eigenvalue weighted by molar-refractivity contribution is 5.75. The zero-order chi connectivity index (χ0) is 12.3. The van der Waals surface area contributed by atoms with E-state index in [1.165, 1.54) is 12.1 Å². The minimum absolute atomic E-state index is 0.125. The summed E-state index contributed by atoms with van der Waals surface area (Å²) >= 11 is 0. The van der Waals surface area contributed by atoms with Crippen LogP contribution in [0.3, 0.4) is 0 Å². The standard InChI is InChI=1S/C7H6O2.C4H10.C2H6/c8-5-6-2-1-3-7(9)4-6;1-4(2)3;1-2/h1-5,9H;4H,1-3H3;1-2H3. The molecule has 0 aliphatic carbocycles. The second kappa shape index (κ2) is 10.8. The fourth-order valence-electron chi connectivity index (χ4n) is 0.598. The maximum Gasteiger partial charge on any atom is 0.150 e. The Morgan fingerprint density at radius 2 is 1.67 bits per heavy atom. The molecule has 1 aromatic rings. The second-order valence-corrected chi connectivity index (χ2v) is 3.44. The van der Waals surface area contributed by atoms with Gasteiger partial charge in [-0.2, -0.15) is 0 Å². The summed E-state index contributed by atoms with van der Waals surface area (Å²) in [6, 6.07) is 6.19. The van der Waals surface area contributed by atoms with Crippen molar-refractivity contribution in [2.24, 2.45) is 5.92 Å². The Balaban J connectivity index is 0. The maximum atomic E-state index is 10.0. The Kier molecular flexibility index (Phi) is 11.6. The molecule has 0 bridgehead atoms. The predicted octanol–water partition coefficient (Wildman–Crippen LogP) is 3.89. The summed E-state index contributed by atoms with van der Waals surface area (Å²) in [6.45, 7) is 10.5. The molecule has 1 N–H and O–H groups in total. The first-order chi connectivity index (χ1) is 7.06. The predicted molar refractivity (Wildman–Crippen MR) is 65.4 cm³/mol. The van der Waals surface area contributed by atoms with Crippen LogP contribution in [0.4, 0.5) is 0 Å². The van der Waals surface area contributed by atoms with Crippen LogP contribution in [0.25, 0.3) is 0 Å². The van der Waals surface area contributed by atoms with Gasteiger partial charge in [-0.3, -0.25) is 4.79 Å². The highest BCUT2D eigenvalue weighted by atomic mass is 16.3. The van der Waals surface area contributed by atoms with Crippen molar-refractivity contribution >= 4 is 6.29 Å². The molecule has 0 amide bonds. The van der Waals surface area contributed by atoms with Gasteiger partial charge in [0, 0.05) is 5.56 Å². The molecule has 0 aliphatic heterocycles. The number of carbonyl (C=O) groups excluding carboxylic acids is 1. The second-order valence-electron chi connectivity index (χ2n) is 3.44. The number of hydrogen-bond donors (Lipinski definition) is 1. The van der Waals surface area contributed by atoms with Crippen LogP contribution in [0.5, 0.6) is 5.75 Å². The highest BCUT2D eigenvalue weighted by Gasteiger charge is 1.88. The average Bonchev–Trinajstić information content (AvgIpc) is 2.20. The normalized spacial score (nSPS) is 8.13. The molecule has 15 heavy (non-hydrogen) atoms. The number of benzene rings is 1. The van der Waals surface area contributed by atoms with Crippen LogP contribution in [-0.4, -0.2) is 11.4 Å². The quantitative estimate of drug-likeness (QED) is 0.714. The molecule has 0 aromatic heterocycles. The molecule has 0 aliphatic rings. The van der Waals surface area contributed by atoms with Crippen LogP contribution < -0.4 is 0 Å². The Bertz CT molecular complexity index is 252. The van der Waals surface area contributed by atoms with Crippen molar-refractivity contribution in [1.82, 2.24) is 0 Å². The van der Waals surface area contributed by atoms with Gasteiger partial charge < -0.3 is 5.11 Å². The third-order valence-electron chi connectivity index (χ3n) is 1.01. The molecule has 0 radical (unpaired) electrons. The molecule has 0 spiro atoms. The summed E-state index contributed by atoms with van der Waals surface area (Å²) in [5.41, 5.74) is 0.495. The van der Waals surface area contributed by atoms with Crippen molar-refractivity contribution < 1.29 is 9.90 Å². The number of carbonyl (C=O) groups is 1. The van der Waals surface area contributed by atoms with Gasteiger partial charge >= 0.3 is 0 Å². The van der Waals surface area contributed by atoms with Gasteiger partial charge in [0.05, 0.1) is 0 Å². The molecule has 0 fully saturated rings. The molecule has 86 valence electrons. The number of aromatic hydroxyl groups is 1. The van der Waals surface area contributed by atoms with E-state index in [1.807, 2.05) is 13.8 Å². The zero-order valence-electron chi connectivity index (χ0n) is 10.3. The van der Waals surface area contributed by atoms with E-state index in [0.717, 1.165) is 5.92 Å². The SMILES string of the molecule is CC.CC(C)C.O=Cc1cccc(O)c1. The molecule has 1 rings (SSSR count). The summed E-state index contributed by atoms with van der Waals surface area (Å²) < 4.78 is 0. The van der Waals surface area contributed by atoms with E-state index in [2.05, 4.69) is 20.8 Å². The lowest BCUT2D eigenvalue weighted by atomic mass is 10.2. The van der Waals surface area contributed by atoms with Crippen LogP contribution in [0.2, 0.25) is 0 Å². The summed E-state index contributed by atoms with van der Waals surface area (Å²) in [5.74, 6) is 0.958. The Morgan fingerprint density at radius 1 is 1.20 bits per heavy atom. The van der Waals surface area contributed by atoms with Gasteiger partial charge in [0.15, 0.2) is 0 Å². The largest absolute Gasteiger partial charge is 0.508 e. The topological polar surface area (TPSA) is 37.3 Å². The summed E-state index contributed by atoms with van der Waals surface area (Å²) in [7, 11) is 0. The lowest BCUT2D eigenvalue weighted by molar-refractivity contribution is 0.112. The van der Waals surface area contributed by atoms with Crippen LogP contribution in [0, 0.1) is 5.92 Å². The molecule has 0 saturated heterocycles. The van der Waals surface area contributed by atoms with Crippen LogP contribution in [0.15, 0.2) is 24.3 Å². The summed E-state index contributed by atoms with van der Waals surface area (Å²) in [6.07, 6.45) is 0.694. The van der Waals surface area contributed by atoms with Gasteiger partial charge in [-0.05, 0) is 18.1 Å². The lowest BCUT2D eigenvalue weighted by Crippen LogP contribution is -1.75. The molecular weight excluding hydrogens is 188 g/mol. The summed E-state index contributed by atoms with van der Waals surface area (Å²) in [5, 5.41) is 8.79. The van der Waals surface area contributed by atoms with Gasteiger partial charge in [-0.1, -0.05) is 46.8 Å². The van der Waals surface area contributed by atoms with E-state index >= 15 is 0 Å². The first-order valence-electron chi connectivity index (χ1n) is 5.30. The molecule has 0 heterocycles. The van der Waals surface area contributed by atoms with Crippen LogP contribution >= 0.6 is 0 Å². The maximum absolute atomic E-state index is 10.0. The number of phenolic OH excluding ortho intramolecular Hbond substituents is 1. The Hall–Kier alpha value is -1.31. The van der Waals surface area contributed by atoms with Crippen LogP contribution in [0.1, 0.15) is 45.0 Å². The van der Waals surface area contributed by atoms with E-state index in [1.54, 1.807) is 12.1 Å². The average molecular weight is 210 g/mol. The molecule has 1 aromatic carbocycles. The Labute approximate surface area is 93.0 Å². The minimum Gasteiger partial charge on any atom is -0.508 e. The van der Waals surface area contributed by atoms with Crippen molar-refractivity contribution in [2.75, 3.05) is 0 Å². The summed E-state index contributed by atoms with van der Waals surface area (Å²) in [4.78, 5) is 10.0. The molecular formula is C13H22O2. The number of aldehydes is 1. The van der Waals surface area contributed by atoms with E-state index < -0.39 is 0 Å². The third-order valence-corrected chi connectivity index (χ3v) is 1.01. The number of hydrogen-bond acceptors (Lipinski definition) is 2. The monoisotopic (exact) mass is 210 g/mol. The molecule has 2 nitrogen and oxygen atoms in total. The fourth-order valence-corrected chi connectivity index (χ4v) is 0.598. The van der Waals surface area contributed by atoms with Gasteiger partial charge in [0.2, 0.25) is 0 Å².